The summed E-state index contributed by atoms with van der Waals surface area (Å²) in [7, 11) is 1.31. The van der Waals surface area contributed by atoms with Gasteiger partial charge in [0, 0.05) is 32.3 Å². The van der Waals surface area contributed by atoms with Gasteiger partial charge in [-0.2, -0.15) is 0 Å². The number of methoxy groups -OCH3 is 1. The van der Waals surface area contributed by atoms with Gasteiger partial charge in [0.25, 0.3) is 5.56 Å². The highest BCUT2D eigenvalue weighted by Crippen LogP contribution is 2.18. The number of nitrogens with one attached hydrogen (secondary N) is 1. The Labute approximate surface area is 143 Å². The maximum Gasteiger partial charge on any atom is 0.343 e. The summed E-state index contributed by atoms with van der Waals surface area (Å²) < 4.78 is 6.06. The molecule has 0 fully saturated rings. The fourth-order valence-corrected chi connectivity index (χ4v) is 3.26. The highest BCUT2D eigenvalue weighted by molar-refractivity contribution is 5.95. The molecule has 0 amide bonds. The maximum absolute atomic E-state index is 12.8. The third-order valence-corrected chi connectivity index (χ3v) is 4.54. The van der Waals surface area contributed by atoms with Crippen LogP contribution in [0.25, 0.3) is 5.65 Å². The van der Waals surface area contributed by atoms with Crippen molar-refractivity contribution in [2.75, 3.05) is 13.7 Å². The summed E-state index contributed by atoms with van der Waals surface area (Å²) in [5.41, 5.74) is 3.10. The minimum atomic E-state index is -0.507. The number of hydrogen-bond acceptors (Lipinski definition) is 5. The molecule has 2 aromatic heterocycles. The normalized spacial score (nSPS) is 14.4. The number of H-pyrrole nitrogens is 1. The van der Waals surface area contributed by atoms with Crippen molar-refractivity contribution < 1.29 is 9.53 Å². The van der Waals surface area contributed by atoms with Crippen LogP contribution in [0.2, 0.25) is 0 Å². The number of fused-ring (bicyclic) bond motifs is 2. The number of esters is 1. The standard InChI is InChI=1S/C18H18N4O3/c1-25-18(24)13-9-19-22-16(13)20-15-7-8-21(11-14(15)17(22)23)10-12-5-3-2-4-6-12/h2-6,9,19H,7-8,10-11H2,1H3. The summed E-state index contributed by atoms with van der Waals surface area (Å²) in [5, 5.41) is 2.81. The van der Waals surface area contributed by atoms with Crippen molar-refractivity contribution in [2.24, 2.45) is 0 Å². The van der Waals surface area contributed by atoms with E-state index >= 15 is 0 Å². The molecule has 1 N–H and O–H groups in total. The molecule has 128 valence electrons. The molecule has 7 nitrogen and oxygen atoms in total. The van der Waals surface area contributed by atoms with Gasteiger partial charge in [-0.25, -0.2) is 14.3 Å². The highest BCUT2D eigenvalue weighted by atomic mass is 16.5. The number of aromatic nitrogens is 3. The van der Waals surface area contributed by atoms with Crippen LogP contribution in [0.4, 0.5) is 0 Å². The van der Waals surface area contributed by atoms with Gasteiger partial charge in [0.15, 0.2) is 5.65 Å². The molecule has 0 unspecified atom stereocenters. The van der Waals surface area contributed by atoms with Crippen molar-refractivity contribution in [3.05, 3.63) is 69.3 Å². The lowest BCUT2D eigenvalue weighted by atomic mass is 10.1. The van der Waals surface area contributed by atoms with Gasteiger partial charge < -0.3 is 4.74 Å². The summed E-state index contributed by atoms with van der Waals surface area (Å²) in [6, 6.07) is 10.2. The SMILES string of the molecule is COC(=O)c1c[nH]n2c(=O)c3c(nc12)CCN(Cc1ccccc1)C3. The number of hydrogen-bond donors (Lipinski definition) is 1. The molecule has 0 atom stereocenters. The lowest BCUT2D eigenvalue weighted by Crippen LogP contribution is -2.36. The monoisotopic (exact) mass is 338 g/mol. The van der Waals surface area contributed by atoms with Crippen molar-refractivity contribution in [3.8, 4) is 0 Å². The Morgan fingerprint density at radius 1 is 1.32 bits per heavy atom. The Morgan fingerprint density at radius 3 is 2.88 bits per heavy atom. The number of rotatable bonds is 3. The molecule has 1 aliphatic heterocycles. The van der Waals surface area contributed by atoms with E-state index in [-0.39, 0.29) is 11.1 Å². The number of ether oxygens (including phenoxy) is 1. The molecular weight excluding hydrogens is 320 g/mol. The van der Waals surface area contributed by atoms with Crippen molar-refractivity contribution in [3.63, 3.8) is 0 Å². The molecule has 3 heterocycles. The van der Waals surface area contributed by atoms with Gasteiger partial charge in [-0.05, 0) is 5.56 Å². The van der Waals surface area contributed by atoms with Crippen molar-refractivity contribution in [2.45, 2.75) is 19.5 Å². The maximum atomic E-state index is 12.8. The van der Waals surface area contributed by atoms with Gasteiger partial charge in [0.1, 0.15) is 5.56 Å². The van der Waals surface area contributed by atoms with E-state index in [1.807, 2.05) is 18.2 Å². The molecule has 7 heteroatoms. The lowest BCUT2D eigenvalue weighted by molar-refractivity contribution is 0.0602. The fourth-order valence-electron chi connectivity index (χ4n) is 3.26. The smallest absolute Gasteiger partial charge is 0.343 e. The molecule has 1 aromatic carbocycles. The molecule has 0 bridgehead atoms. The van der Waals surface area contributed by atoms with Gasteiger partial charge in [-0.1, -0.05) is 30.3 Å². The number of benzene rings is 1. The van der Waals surface area contributed by atoms with E-state index in [1.54, 1.807) is 0 Å². The Bertz CT molecular complexity index is 991. The summed E-state index contributed by atoms with van der Waals surface area (Å²) in [5.74, 6) is -0.507. The summed E-state index contributed by atoms with van der Waals surface area (Å²) in [4.78, 5) is 31.4. The van der Waals surface area contributed by atoms with Crippen LogP contribution in [0.1, 0.15) is 27.2 Å². The molecule has 1 aliphatic rings. The van der Waals surface area contributed by atoms with E-state index < -0.39 is 5.97 Å². The largest absolute Gasteiger partial charge is 0.465 e. The van der Waals surface area contributed by atoms with Crippen LogP contribution in [0, 0.1) is 0 Å². The summed E-state index contributed by atoms with van der Waals surface area (Å²) in [6.07, 6.45) is 2.14. The van der Waals surface area contributed by atoms with Gasteiger partial charge in [0.05, 0.1) is 18.4 Å². The second-order valence-electron chi connectivity index (χ2n) is 6.13. The van der Waals surface area contributed by atoms with Crippen molar-refractivity contribution in [1.82, 2.24) is 19.5 Å². The third kappa shape index (κ3) is 2.72. The van der Waals surface area contributed by atoms with Gasteiger partial charge >= 0.3 is 5.97 Å². The second-order valence-corrected chi connectivity index (χ2v) is 6.13. The fraction of sp³-hybridized carbons (Fsp3) is 0.278. The Kier molecular flexibility index (Phi) is 3.85. The van der Waals surface area contributed by atoms with E-state index in [2.05, 4.69) is 27.1 Å². The van der Waals surface area contributed by atoms with E-state index in [9.17, 15) is 9.59 Å². The van der Waals surface area contributed by atoms with Crippen LogP contribution in [-0.2, 0) is 24.2 Å². The number of carbonyl (C=O) groups excluding carboxylic acids is 1. The molecule has 0 saturated heterocycles. The minimum Gasteiger partial charge on any atom is -0.465 e. The predicted octanol–water partition coefficient (Wildman–Crippen LogP) is 1.37. The average Bonchev–Trinajstić information content (AvgIpc) is 3.07. The van der Waals surface area contributed by atoms with E-state index in [1.165, 1.54) is 23.4 Å². The van der Waals surface area contributed by atoms with E-state index in [0.717, 1.165) is 18.8 Å². The van der Waals surface area contributed by atoms with Crippen molar-refractivity contribution >= 4 is 11.6 Å². The molecular formula is C18H18N4O3. The molecule has 0 radical (unpaired) electrons. The Balaban J connectivity index is 1.69. The Hall–Kier alpha value is -2.93. The van der Waals surface area contributed by atoms with Crippen LogP contribution in [0.5, 0.6) is 0 Å². The van der Waals surface area contributed by atoms with Crippen LogP contribution in [0.15, 0.2) is 41.3 Å². The van der Waals surface area contributed by atoms with Crippen LogP contribution in [0.3, 0.4) is 0 Å². The first kappa shape index (κ1) is 15.6. The van der Waals surface area contributed by atoms with Gasteiger partial charge in [0.2, 0.25) is 0 Å². The Morgan fingerprint density at radius 2 is 2.12 bits per heavy atom. The van der Waals surface area contributed by atoms with Gasteiger partial charge in [-0.15, -0.1) is 0 Å². The first-order valence-electron chi connectivity index (χ1n) is 8.14. The lowest BCUT2D eigenvalue weighted by Gasteiger charge is -2.27. The molecule has 0 saturated carbocycles. The van der Waals surface area contributed by atoms with Crippen molar-refractivity contribution in [1.29, 1.82) is 0 Å². The summed E-state index contributed by atoms with van der Waals surface area (Å²) in [6.45, 7) is 2.16. The predicted molar refractivity (Wildman–Crippen MR) is 91.4 cm³/mol. The molecule has 0 aliphatic carbocycles. The summed E-state index contributed by atoms with van der Waals surface area (Å²) >= 11 is 0. The first-order chi connectivity index (χ1) is 12.2. The van der Waals surface area contributed by atoms with Crippen LogP contribution in [-0.4, -0.2) is 39.1 Å². The zero-order valence-electron chi connectivity index (χ0n) is 13.9. The van der Waals surface area contributed by atoms with Crippen LogP contribution >= 0.6 is 0 Å². The third-order valence-electron chi connectivity index (χ3n) is 4.54. The quantitative estimate of drug-likeness (QED) is 0.730. The highest BCUT2D eigenvalue weighted by Gasteiger charge is 2.24. The average molecular weight is 338 g/mol. The zero-order chi connectivity index (χ0) is 17.4. The number of aromatic amines is 1. The molecule has 3 aromatic rings. The zero-order valence-corrected chi connectivity index (χ0v) is 13.9. The molecule has 4 rings (SSSR count). The molecule has 0 spiro atoms. The van der Waals surface area contributed by atoms with Gasteiger partial charge in [-0.3, -0.25) is 14.8 Å². The van der Waals surface area contributed by atoms with E-state index in [0.29, 0.717) is 24.2 Å². The molecule has 25 heavy (non-hydrogen) atoms. The number of nitrogens with zero attached hydrogens (tertiary/aromatic N) is 3. The minimum absolute atomic E-state index is 0.159. The van der Waals surface area contributed by atoms with Crippen LogP contribution < -0.4 is 5.56 Å². The number of carbonyl (C=O) groups is 1. The first-order valence-corrected chi connectivity index (χ1v) is 8.14. The van der Waals surface area contributed by atoms with E-state index in [4.69, 9.17) is 4.74 Å². The second kappa shape index (κ2) is 6.18. The topological polar surface area (TPSA) is 79.7 Å².